The van der Waals surface area contributed by atoms with Crippen LogP contribution in [0.3, 0.4) is 0 Å². The van der Waals surface area contributed by atoms with Gasteiger partial charge in [-0.15, -0.1) is 0 Å². The summed E-state index contributed by atoms with van der Waals surface area (Å²) in [6.45, 7) is 0. The summed E-state index contributed by atoms with van der Waals surface area (Å²) in [5, 5.41) is 3.04. The lowest BCUT2D eigenvalue weighted by molar-refractivity contribution is -0.137. The van der Waals surface area contributed by atoms with Crippen molar-refractivity contribution in [1.29, 1.82) is 0 Å². The van der Waals surface area contributed by atoms with E-state index in [4.69, 9.17) is 0 Å². The van der Waals surface area contributed by atoms with E-state index >= 15 is 0 Å². The molecule has 0 saturated heterocycles. The van der Waals surface area contributed by atoms with Gasteiger partial charge in [0.25, 0.3) is 0 Å². The molecule has 0 radical (unpaired) electrons. The van der Waals surface area contributed by atoms with Crippen LogP contribution in [0.25, 0.3) is 0 Å². The molecule has 1 fully saturated rings. The van der Waals surface area contributed by atoms with Crippen LogP contribution in [0, 0.1) is 5.92 Å². The van der Waals surface area contributed by atoms with Crippen LogP contribution < -0.4 is 5.32 Å². The van der Waals surface area contributed by atoms with Crippen molar-refractivity contribution in [2.24, 2.45) is 5.92 Å². The molecule has 1 N–H and O–H groups in total. The molecule has 0 aromatic rings. The maximum absolute atomic E-state index is 12.1. The monoisotopic (exact) mass is 223 g/mol. The maximum atomic E-state index is 12.1. The summed E-state index contributed by atoms with van der Waals surface area (Å²) in [6, 6.07) is 0.0481. The summed E-state index contributed by atoms with van der Waals surface area (Å²) in [6.07, 6.45) is 1.33. The van der Waals surface area contributed by atoms with Crippen LogP contribution in [0.5, 0.6) is 0 Å². The Balaban J connectivity index is 2.34. The van der Waals surface area contributed by atoms with Crippen molar-refractivity contribution in [3.05, 3.63) is 0 Å². The molecule has 0 amide bonds. The first-order valence-electron chi connectivity index (χ1n) is 5.77. The van der Waals surface area contributed by atoms with Gasteiger partial charge in [0.15, 0.2) is 0 Å². The van der Waals surface area contributed by atoms with E-state index in [0.717, 1.165) is 12.8 Å². The molecule has 0 spiro atoms. The minimum Gasteiger partial charge on any atom is -0.317 e. The Kier molecular flexibility index (Phi) is 4.90. The van der Waals surface area contributed by atoms with E-state index in [2.05, 4.69) is 5.32 Å². The topological polar surface area (TPSA) is 12.0 Å². The summed E-state index contributed by atoms with van der Waals surface area (Å²) in [5.74, 6) is 0.450. The van der Waals surface area contributed by atoms with E-state index in [1.54, 1.807) is 7.05 Å². The fourth-order valence-corrected chi connectivity index (χ4v) is 2.47. The van der Waals surface area contributed by atoms with Crippen LogP contribution >= 0.6 is 0 Å². The van der Waals surface area contributed by atoms with E-state index in [9.17, 15) is 13.2 Å². The van der Waals surface area contributed by atoms with Gasteiger partial charge in [-0.1, -0.05) is 19.3 Å². The largest absolute Gasteiger partial charge is 0.389 e. The lowest BCUT2D eigenvalue weighted by atomic mass is 9.82. The molecule has 0 bridgehead atoms. The quantitative estimate of drug-likeness (QED) is 0.769. The molecule has 15 heavy (non-hydrogen) atoms. The van der Waals surface area contributed by atoms with Crippen LogP contribution in [0.2, 0.25) is 0 Å². The van der Waals surface area contributed by atoms with Gasteiger partial charge in [0, 0.05) is 12.5 Å². The lowest BCUT2D eigenvalue weighted by Crippen LogP contribution is -2.35. The van der Waals surface area contributed by atoms with Crippen LogP contribution in [0.1, 0.15) is 44.9 Å². The Bertz CT molecular complexity index is 173. The molecule has 1 nitrogen and oxygen atoms in total. The standard InChI is InChI=1S/C11H20F3N/c1-15-10(7-8-11(12,13)14)9-5-3-2-4-6-9/h9-10,15H,2-8H2,1H3. The van der Waals surface area contributed by atoms with E-state index in [0.29, 0.717) is 5.92 Å². The second kappa shape index (κ2) is 5.73. The third-order valence-corrected chi connectivity index (χ3v) is 3.33. The molecule has 90 valence electrons. The Hall–Kier alpha value is -0.250. The summed E-state index contributed by atoms with van der Waals surface area (Å²) in [5.41, 5.74) is 0. The molecular weight excluding hydrogens is 203 g/mol. The Morgan fingerprint density at radius 3 is 2.27 bits per heavy atom. The molecule has 4 heteroatoms. The number of halogens is 3. The van der Waals surface area contributed by atoms with Gasteiger partial charge in [-0.2, -0.15) is 13.2 Å². The van der Waals surface area contributed by atoms with Gasteiger partial charge >= 0.3 is 6.18 Å². The van der Waals surface area contributed by atoms with Gasteiger partial charge in [-0.3, -0.25) is 0 Å². The second-order valence-electron chi connectivity index (χ2n) is 4.45. The smallest absolute Gasteiger partial charge is 0.317 e. The molecule has 1 atom stereocenters. The summed E-state index contributed by atoms with van der Waals surface area (Å²) < 4.78 is 36.3. The number of alkyl halides is 3. The number of hydrogen-bond acceptors (Lipinski definition) is 1. The van der Waals surface area contributed by atoms with Gasteiger partial charge in [0.05, 0.1) is 0 Å². The fraction of sp³-hybridized carbons (Fsp3) is 1.00. The minimum atomic E-state index is -4.01. The van der Waals surface area contributed by atoms with E-state index < -0.39 is 12.6 Å². The van der Waals surface area contributed by atoms with Gasteiger partial charge in [0.2, 0.25) is 0 Å². The molecule has 1 unspecified atom stereocenters. The van der Waals surface area contributed by atoms with Gasteiger partial charge in [-0.25, -0.2) is 0 Å². The van der Waals surface area contributed by atoms with Crippen LogP contribution in [0.4, 0.5) is 13.2 Å². The summed E-state index contributed by atoms with van der Waals surface area (Å²) in [4.78, 5) is 0. The SMILES string of the molecule is CNC(CCC(F)(F)F)C1CCCCC1. The van der Waals surface area contributed by atoms with Gasteiger partial charge in [0.1, 0.15) is 0 Å². The first-order valence-corrected chi connectivity index (χ1v) is 5.77. The van der Waals surface area contributed by atoms with Crippen molar-refractivity contribution in [1.82, 2.24) is 5.32 Å². The average molecular weight is 223 g/mol. The van der Waals surface area contributed by atoms with E-state index in [-0.39, 0.29) is 12.5 Å². The highest BCUT2D eigenvalue weighted by atomic mass is 19.4. The zero-order valence-electron chi connectivity index (χ0n) is 9.24. The Labute approximate surface area is 89.4 Å². The predicted molar refractivity (Wildman–Crippen MR) is 54.7 cm³/mol. The predicted octanol–water partition coefficient (Wildman–Crippen LogP) is 3.50. The molecule has 1 saturated carbocycles. The first kappa shape index (κ1) is 12.8. The number of rotatable bonds is 4. The Morgan fingerprint density at radius 1 is 1.20 bits per heavy atom. The van der Waals surface area contributed by atoms with Crippen molar-refractivity contribution < 1.29 is 13.2 Å². The first-order chi connectivity index (χ1) is 7.03. The van der Waals surface area contributed by atoms with Crippen molar-refractivity contribution in [3.8, 4) is 0 Å². The van der Waals surface area contributed by atoms with Crippen LogP contribution in [-0.2, 0) is 0 Å². The fourth-order valence-electron chi connectivity index (χ4n) is 2.47. The zero-order valence-corrected chi connectivity index (χ0v) is 9.24. The second-order valence-corrected chi connectivity index (χ2v) is 4.45. The molecule has 0 aliphatic heterocycles. The highest BCUT2D eigenvalue weighted by Gasteiger charge is 2.30. The average Bonchev–Trinajstić information content (AvgIpc) is 2.19. The minimum absolute atomic E-state index is 0.0481. The molecule has 0 aromatic heterocycles. The third kappa shape index (κ3) is 4.87. The molecular formula is C11H20F3N. The van der Waals surface area contributed by atoms with Crippen LogP contribution in [0.15, 0.2) is 0 Å². The van der Waals surface area contributed by atoms with Crippen LogP contribution in [-0.4, -0.2) is 19.3 Å². The number of hydrogen-bond donors (Lipinski definition) is 1. The van der Waals surface area contributed by atoms with Gasteiger partial charge in [-0.05, 0) is 32.2 Å². The summed E-state index contributed by atoms with van der Waals surface area (Å²) >= 11 is 0. The molecule has 0 heterocycles. The van der Waals surface area contributed by atoms with Crippen molar-refractivity contribution >= 4 is 0 Å². The Morgan fingerprint density at radius 2 is 1.80 bits per heavy atom. The van der Waals surface area contributed by atoms with Crippen molar-refractivity contribution in [2.75, 3.05) is 7.05 Å². The molecule has 1 aliphatic carbocycles. The molecule has 1 rings (SSSR count). The van der Waals surface area contributed by atoms with E-state index in [1.807, 2.05) is 0 Å². The summed E-state index contributed by atoms with van der Waals surface area (Å²) in [7, 11) is 1.77. The molecule has 0 aromatic carbocycles. The van der Waals surface area contributed by atoms with Gasteiger partial charge < -0.3 is 5.32 Å². The zero-order chi connectivity index (χ0) is 11.3. The lowest BCUT2D eigenvalue weighted by Gasteiger charge is -2.30. The van der Waals surface area contributed by atoms with Crippen molar-refractivity contribution in [2.45, 2.75) is 57.2 Å². The van der Waals surface area contributed by atoms with Crippen molar-refractivity contribution in [3.63, 3.8) is 0 Å². The molecule has 1 aliphatic rings. The normalized spacial score (nSPS) is 21.6. The number of nitrogens with one attached hydrogen (secondary N) is 1. The highest BCUT2D eigenvalue weighted by Crippen LogP contribution is 2.30. The maximum Gasteiger partial charge on any atom is 0.389 e. The highest BCUT2D eigenvalue weighted by molar-refractivity contribution is 4.79. The third-order valence-electron chi connectivity index (χ3n) is 3.33. The van der Waals surface area contributed by atoms with E-state index in [1.165, 1.54) is 19.3 Å².